The van der Waals surface area contributed by atoms with E-state index < -0.39 is 0 Å². The molecule has 4 heteroatoms. The summed E-state index contributed by atoms with van der Waals surface area (Å²) < 4.78 is 0. The third kappa shape index (κ3) is 5.86. The molecule has 21 heavy (non-hydrogen) atoms. The first kappa shape index (κ1) is 16.0. The van der Waals surface area contributed by atoms with Gasteiger partial charge in [0.05, 0.1) is 0 Å². The van der Waals surface area contributed by atoms with Crippen LogP contribution in [0.5, 0.6) is 0 Å². The molecular weight excluding hydrogens is 262 g/mol. The van der Waals surface area contributed by atoms with Gasteiger partial charge in [-0.15, -0.1) is 0 Å². The van der Waals surface area contributed by atoms with Crippen molar-refractivity contribution in [2.75, 3.05) is 32.7 Å². The van der Waals surface area contributed by atoms with E-state index in [0.717, 1.165) is 39.1 Å². The lowest BCUT2D eigenvalue weighted by atomic mass is 10.1. The lowest BCUT2D eigenvalue weighted by Gasteiger charge is -2.16. The largest absolute Gasteiger partial charge is 0.356 e. The Kier molecular flexibility index (Phi) is 6.70. The van der Waals surface area contributed by atoms with Crippen LogP contribution in [0.4, 0.5) is 0 Å². The van der Waals surface area contributed by atoms with Gasteiger partial charge in [0.1, 0.15) is 0 Å². The summed E-state index contributed by atoms with van der Waals surface area (Å²) in [6, 6.07) is 11.2. The number of hydrogen-bond donors (Lipinski definition) is 2. The van der Waals surface area contributed by atoms with E-state index in [4.69, 9.17) is 0 Å². The van der Waals surface area contributed by atoms with E-state index in [2.05, 4.69) is 45.9 Å². The third-order valence-electron chi connectivity index (χ3n) is 3.99. The molecule has 1 amide bonds. The van der Waals surface area contributed by atoms with Gasteiger partial charge in [-0.05, 0) is 31.9 Å². The molecule has 1 aromatic rings. The van der Waals surface area contributed by atoms with Gasteiger partial charge >= 0.3 is 0 Å². The molecule has 1 aliphatic rings. The number of nitrogens with one attached hydrogen (secondary N) is 2. The molecule has 1 atom stereocenters. The first-order chi connectivity index (χ1) is 10.3. The number of hydrogen-bond acceptors (Lipinski definition) is 3. The van der Waals surface area contributed by atoms with E-state index in [9.17, 15) is 4.79 Å². The van der Waals surface area contributed by atoms with Crippen molar-refractivity contribution < 1.29 is 4.79 Å². The summed E-state index contributed by atoms with van der Waals surface area (Å²) in [5.41, 5.74) is 1.41. The maximum Gasteiger partial charge on any atom is 0.221 e. The summed E-state index contributed by atoms with van der Waals surface area (Å²) in [5, 5.41) is 6.33. The maximum absolute atomic E-state index is 11.4. The molecule has 1 heterocycles. The van der Waals surface area contributed by atoms with Crippen molar-refractivity contribution in [1.82, 2.24) is 15.5 Å². The Labute approximate surface area is 127 Å². The van der Waals surface area contributed by atoms with Gasteiger partial charge in [0.15, 0.2) is 0 Å². The predicted octanol–water partition coefficient (Wildman–Crippen LogP) is 1.42. The fourth-order valence-electron chi connectivity index (χ4n) is 2.81. The molecule has 0 aliphatic carbocycles. The monoisotopic (exact) mass is 289 g/mol. The van der Waals surface area contributed by atoms with Crippen LogP contribution in [0.25, 0.3) is 0 Å². The Hall–Kier alpha value is -1.39. The van der Waals surface area contributed by atoms with Crippen LogP contribution in [0, 0.1) is 0 Å². The van der Waals surface area contributed by atoms with Crippen molar-refractivity contribution in [3.8, 4) is 0 Å². The molecule has 1 unspecified atom stereocenters. The summed E-state index contributed by atoms with van der Waals surface area (Å²) in [6.45, 7) is 6.83. The van der Waals surface area contributed by atoms with E-state index in [1.54, 1.807) is 0 Å². The van der Waals surface area contributed by atoms with Crippen molar-refractivity contribution in [2.24, 2.45) is 0 Å². The molecule has 0 radical (unpaired) electrons. The van der Waals surface area contributed by atoms with Crippen molar-refractivity contribution in [1.29, 1.82) is 0 Å². The van der Waals surface area contributed by atoms with Crippen LogP contribution in [-0.2, 0) is 11.2 Å². The van der Waals surface area contributed by atoms with Crippen LogP contribution in [0.15, 0.2) is 30.3 Å². The molecule has 0 saturated carbocycles. The van der Waals surface area contributed by atoms with Crippen LogP contribution in [0.2, 0.25) is 0 Å². The Morgan fingerprint density at radius 2 is 2.14 bits per heavy atom. The Bertz CT molecular complexity index is 421. The third-order valence-corrected chi connectivity index (χ3v) is 3.99. The number of nitrogens with zero attached hydrogens (tertiary/aromatic N) is 1. The summed E-state index contributed by atoms with van der Waals surface area (Å²) >= 11 is 0. The maximum atomic E-state index is 11.4. The number of benzene rings is 1. The van der Waals surface area contributed by atoms with Crippen LogP contribution < -0.4 is 10.6 Å². The highest BCUT2D eigenvalue weighted by atomic mass is 16.1. The first-order valence-electron chi connectivity index (χ1n) is 8.04. The summed E-state index contributed by atoms with van der Waals surface area (Å²) in [4.78, 5) is 13.9. The fraction of sp³-hybridized carbons (Fsp3) is 0.588. The highest BCUT2D eigenvalue weighted by Crippen LogP contribution is 2.10. The minimum atomic E-state index is 0.143. The highest BCUT2D eigenvalue weighted by molar-refractivity contribution is 5.75. The second-order valence-corrected chi connectivity index (χ2v) is 5.68. The zero-order valence-electron chi connectivity index (χ0n) is 13.0. The Balaban J connectivity index is 1.59. The quantitative estimate of drug-likeness (QED) is 0.761. The summed E-state index contributed by atoms with van der Waals surface area (Å²) in [5.74, 6) is 0.143. The Morgan fingerprint density at radius 1 is 1.33 bits per heavy atom. The fourth-order valence-corrected chi connectivity index (χ4v) is 2.81. The standard InChI is InChI=1S/C17H27N3O/c1-2-18-17(21)8-11-19-16-10-13-20(14-16)12-9-15-6-4-3-5-7-15/h3-7,16,19H,2,8-14H2,1H3,(H,18,21). The number of amides is 1. The second-order valence-electron chi connectivity index (χ2n) is 5.68. The zero-order chi connectivity index (χ0) is 14.9. The first-order valence-corrected chi connectivity index (χ1v) is 8.04. The van der Waals surface area contributed by atoms with Gasteiger partial charge < -0.3 is 15.5 Å². The van der Waals surface area contributed by atoms with Crippen molar-refractivity contribution in [3.05, 3.63) is 35.9 Å². The smallest absolute Gasteiger partial charge is 0.221 e. The highest BCUT2D eigenvalue weighted by Gasteiger charge is 2.21. The lowest BCUT2D eigenvalue weighted by Crippen LogP contribution is -2.36. The van der Waals surface area contributed by atoms with Gasteiger partial charge in [-0.2, -0.15) is 0 Å². The van der Waals surface area contributed by atoms with Gasteiger partial charge in [0, 0.05) is 38.6 Å². The van der Waals surface area contributed by atoms with Crippen LogP contribution in [0.1, 0.15) is 25.3 Å². The van der Waals surface area contributed by atoms with Crippen LogP contribution in [-0.4, -0.2) is 49.6 Å². The summed E-state index contributed by atoms with van der Waals surface area (Å²) in [6.07, 6.45) is 2.88. The molecule has 0 bridgehead atoms. The molecule has 1 aliphatic heterocycles. The van der Waals surface area contributed by atoms with E-state index in [0.29, 0.717) is 12.5 Å². The average molecular weight is 289 g/mol. The van der Waals surface area contributed by atoms with E-state index in [1.807, 2.05) is 6.92 Å². The van der Waals surface area contributed by atoms with Gasteiger partial charge in [-0.1, -0.05) is 30.3 Å². The van der Waals surface area contributed by atoms with Crippen molar-refractivity contribution in [2.45, 2.75) is 32.2 Å². The zero-order valence-corrected chi connectivity index (χ0v) is 13.0. The number of likely N-dealkylation sites (tertiary alicyclic amines) is 1. The molecule has 1 aromatic carbocycles. The molecule has 4 nitrogen and oxygen atoms in total. The molecular formula is C17H27N3O. The van der Waals surface area contributed by atoms with Crippen molar-refractivity contribution >= 4 is 5.91 Å². The van der Waals surface area contributed by atoms with Crippen LogP contribution >= 0.6 is 0 Å². The van der Waals surface area contributed by atoms with E-state index in [-0.39, 0.29) is 5.91 Å². The normalized spacial score (nSPS) is 18.8. The molecule has 2 rings (SSSR count). The SMILES string of the molecule is CCNC(=O)CCNC1CCN(CCc2ccccc2)C1. The van der Waals surface area contributed by atoms with Gasteiger partial charge in [-0.3, -0.25) is 4.79 Å². The predicted molar refractivity (Wildman–Crippen MR) is 86.3 cm³/mol. The van der Waals surface area contributed by atoms with Crippen molar-refractivity contribution in [3.63, 3.8) is 0 Å². The topological polar surface area (TPSA) is 44.4 Å². The summed E-state index contributed by atoms with van der Waals surface area (Å²) in [7, 11) is 0. The molecule has 0 spiro atoms. The van der Waals surface area contributed by atoms with Gasteiger partial charge in [0.2, 0.25) is 5.91 Å². The molecule has 0 aromatic heterocycles. The second kappa shape index (κ2) is 8.80. The Morgan fingerprint density at radius 3 is 2.90 bits per heavy atom. The average Bonchev–Trinajstić information content (AvgIpc) is 2.94. The minimum Gasteiger partial charge on any atom is -0.356 e. The number of carbonyl (C=O) groups excluding carboxylic acids is 1. The number of carbonyl (C=O) groups is 1. The number of rotatable bonds is 8. The van der Waals surface area contributed by atoms with E-state index in [1.165, 1.54) is 12.0 Å². The molecule has 116 valence electrons. The van der Waals surface area contributed by atoms with Gasteiger partial charge in [-0.25, -0.2) is 0 Å². The van der Waals surface area contributed by atoms with Crippen LogP contribution in [0.3, 0.4) is 0 Å². The molecule has 1 fully saturated rings. The lowest BCUT2D eigenvalue weighted by molar-refractivity contribution is -0.120. The van der Waals surface area contributed by atoms with Gasteiger partial charge in [0.25, 0.3) is 0 Å². The minimum absolute atomic E-state index is 0.143. The van der Waals surface area contributed by atoms with E-state index >= 15 is 0 Å². The molecule has 2 N–H and O–H groups in total. The molecule has 1 saturated heterocycles.